The number of aliphatic carboxylic acids is 1. The number of carboxylic acid groups (broad SMARTS) is 1. The SMILES string of the molecule is C#CCN(CC1CC1)C(=O)NCC1(C(=O)O)CCC1. The van der Waals surface area contributed by atoms with E-state index in [-0.39, 0.29) is 19.1 Å². The zero-order valence-electron chi connectivity index (χ0n) is 11.0. The molecule has 0 spiro atoms. The first kappa shape index (κ1) is 13.7. The standard InChI is InChI=1S/C14H20N2O3/c1-2-8-16(9-11-4-5-11)13(19)15-10-14(12(17)18)6-3-7-14/h1,11H,3-10H2,(H,15,19)(H,17,18). The van der Waals surface area contributed by atoms with Crippen molar-refractivity contribution < 1.29 is 14.7 Å². The number of amides is 2. The molecule has 2 aliphatic rings. The second kappa shape index (κ2) is 5.52. The topological polar surface area (TPSA) is 69.6 Å². The molecule has 0 aromatic carbocycles. The van der Waals surface area contributed by atoms with E-state index in [0.29, 0.717) is 25.3 Å². The molecule has 2 aliphatic carbocycles. The van der Waals surface area contributed by atoms with Gasteiger partial charge in [-0.15, -0.1) is 6.42 Å². The molecule has 2 saturated carbocycles. The van der Waals surface area contributed by atoms with Crippen molar-refractivity contribution in [3.8, 4) is 12.3 Å². The number of rotatable bonds is 6. The molecular formula is C14H20N2O3. The van der Waals surface area contributed by atoms with Crippen molar-refractivity contribution in [1.82, 2.24) is 10.2 Å². The van der Waals surface area contributed by atoms with Gasteiger partial charge >= 0.3 is 12.0 Å². The van der Waals surface area contributed by atoms with Gasteiger partial charge in [-0.2, -0.15) is 0 Å². The highest BCUT2D eigenvalue weighted by atomic mass is 16.4. The van der Waals surface area contributed by atoms with E-state index in [9.17, 15) is 14.7 Å². The summed E-state index contributed by atoms with van der Waals surface area (Å²) in [5, 5.41) is 11.9. The molecule has 0 unspecified atom stereocenters. The van der Waals surface area contributed by atoms with E-state index in [1.165, 1.54) is 0 Å². The Morgan fingerprint density at radius 1 is 1.42 bits per heavy atom. The normalized spacial score (nSPS) is 19.9. The number of urea groups is 1. The van der Waals surface area contributed by atoms with E-state index in [2.05, 4.69) is 11.2 Å². The van der Waals surface area contributed by atoms with Gasteiger partial charge in [0.2, 0.25) is 0 Å². The first-order valence-corrected chi connectivity index (χ1v) is 6.77. The Bertz CT molecular complexity index is 405. The van der Waals surface area contributed by atoms with E-state index in [1.54, 1.807) is 4.90 Å². The van der Waals surface area contributed by atoms with Crippen LogP contribution >= 0.6 is 0 Å². The van der Waals surface area contributed by atoms with E-state index < -0.39 is 11.4 Å². The maximum Gasteiger partial charge on any atom is 0.318 e. The predicted molar refractivity (Wildman–Crippen MR) is 70.4 cm³/mol. The first-order chi connectivity index (χ1) is 9.07. The summed E-state index contributed by atoms with van der Waals surface area (Å²) in [6.07, 6.45) is 9.75. The van der Waals surface area contributed by atoms with E-state index in [1.807, 2.05) is 0 Å². The maximum absolute atomic E-state index is 12.0. The molecule has 19 heavy (non-hydrogen) atoms. The van der Waals surface area contributed by atoms with Crippen molar-refractivity contribution in [2.24, 2.45) is 11.3 Å². The Morgan fingerprint density at radius 2 is 2.11 bits per heavy atom. The van der Waals surface area contributed by atoms with Crippen LogP contribution in [0.5, 0.6) is 0 Å². The Labute approximate surface area is 113 Å². The van der Waals surface area contributed by atoms with Gasteiger partial charge in [0.15, 0.2) is 0 Å². The molecule has 0 aromatic heterocycles. The van der Waals surface area contributed by atoms with Crippen molar-refractivity contribution in [1.29, 1.82) is 0 Å². The number of carbonyl (C=O) groups excluding carboxylic acids is 1. The van der Waals surface area contributed by atoms with Crippen LogP contribution in [0.2, 0.25) is 0 Å². The average molecular weight is 264 g/mol. The lowest BCUT2D eigenvalue weighted by Gasteiger charge is -2.38. The van der Waals surface area contributed by atoms with Crippen molar-refractivity contribution in [3.05, 3.63) is 0 Å². The monoisotopic (exact) mass is 264 g/mol. The zero-order valence-corrected chi connectivity index (χ0v) is 11.0. The first-order valence-electron chi connectivity index (χ1n) is 6.77. The lowest BCUT2D eigenvalue weighted by atomic mass is 9.69. The molecule has 2 N–H and O–H groups in total. The van der Waals surface area contributed by atoms with Crippen LogP contribution in [-0.4, -0.2) is 41.6 Å². The highest BCUT2D eigenvalue weighted by molar-refractivity contribution is 5.79. The van der Waals surface area contributed by atoms with Crippen LogP contribution in [0.3, 0.4) is 0 Å². The van der Waals surface area contributed by atoms with Gasteiger partial charge < -0.3 is 15.3 Å². The van der Waals surface area contributed by atoms with E-state index >= 15 is 0 Å². The molecule has 0 aromatic rings. The van der Waals surface area contributed by atoms with Gasteiger partial charge in [-0.25, -0.2) is 4.79 Å². The van der Waals surface area contributed by atoms with Crippen LogP contribution in [-0.2, 0) is 4.79 Å². The Kier molecular flexibility index (Phi) is 3.98. The molecule has 0 radical (unpaired) electrons. The fourth-order valence-electron chi connectivity index (χ4n) is 2.37. The third-order valence-electron chi connectivity index (χ3n) is 4.09. The summed E-state index contributed by atoms with van der Waals surface area (Å²) in [6, 6.07) is -0.239. The molecule has 5 heteroatoms. The zero-order chi connectivity index (χ0) is 13.9. The van der Waals surface area contributed by atoms with Gasteiger partial charge in [0.1, 0.15) is 0 Å². The highest BCUT2D eigenvalue weighted by Crippen LogP contribution is 2.40. The number of terminal acetylenes is 1. The lowest BCUT2D eigenvalue weighted by molar-refractivity contribution is -0.153. The van der Waals surface area contributed by atoms with Gasteiger partial charge in [-0.3, -0.25) is 4.79 Å². The number of carboxylic acids is 1. The molecule has 0 aliphatic heterocycles. The molecule has 0 saturated heterocycles. The molecule has 0 bridgehead atoms. The van der Waals surface area contributed by atoms with Crippen LogP contribution in [0.25, 0.3) is 0 Å². The van der Waals surface area contributed by atoms with Gasteiger partial charge in [-0.05, 0) is 31.6 Å². The van der Waals surface area contributed by atoms with Gasteiger partial charge in [0.05, 0.1) is 12.0 Å². The summed E-state index contributed by atoms with van der Waals surface area (Å²) in [7, 11) is 0. The number of nitrogens with one attached hydrogen (secondary N) is 1. The van der Waals surface area contributed by atoms with Crippen LogP contribution in [0.15, 0.2) is 0 Å². The fourth-order valence-corrected chi connectivity index (χ4v) is 2.37. The molecule has 0 atom stereocenters. The second-order valence-electron chi connectivity index (χ2n) is 5.63. The molecule has 104 valence electrons. The highest BCUT2D eigenvalue weighted by Gasteiger charge is 2.44. The molecule has 0 heterocycles. The van der Waals surface area contributed by atoms with Gasteiger partial charge in [0.25, 0.3) is 0 Å². The summed E-state index contributed by atoms with van der Waals surface area (Å²) in [4.78, 5) is 24.8. The third kappa shape index (κ3) is 3.19. The Balaban J connectivity index is 1.84. The van der Waals surface area contributed by atoms with Crippen LogP contribution in [0.4, 0.5) is 4.79 Å². The second-order valence-corrected chi connectivity index (χ2v) is 5.63. The summed E-state index contributed by atoms with van der Waals surface area (Å²) in [6.45, 7) is 1.16. The minimum Gasteiger partial charge on any atom is -0.481 e. The van der Waals surface area contributed by atoms with Gasteiger partial charge in [0, 0.05) is 13.1 Å². The molecule has 2 amide bonds. The summed E-state index contributed by atoms with van der Waals surface area (Å²) < 4.78 is 0. The summed E-state index contributed by atoms with van der Waals surface area (Å²) in [5.74, 6) is 2.23. The smallest absolute Gasteiger partial charge is 0.318 e. The Hall–Kier alpha value is -1.70. The minimum absolute atomic E-state index is 0.201. The summed E-state index contributed by atoms with van der Waals surface area (Å²) in [5.41, 5.74) is -0.753. The number of hydrogen-bond acceptors (Lipinski definition) is 2. The lowest BCUT2D eigenvalue weighted by Crippen LogP contribution is -2.51. The quantitative estimate of drug-likeness (QED) is 0.710. The van der Waals surface area contributed by atoms with Crippen molar-refractivity contribution in [2.75, 3.05) is 19.6 Å². The van der Waals surface area contributed by atoms with E-state index in [0.717, 1.165) is 19.3 Å². The van der Waals surface area contributed by atoms with Crippen LogP contribution < -0.4 is 5.32 Å². The van der Waals surface area contributed by atoms with Gasteiger partial charge in [-0.1, -0.05) is 12.3 Å². The minimum atomic E-state index is -0.815. The predicted octanol–water partition coefficient (Wildman–Crippen LogP) is 1.30. The number of nitrogens with zero attached hydrogens (tertiary/aromatic N) is 1. The fraction of sp³-hybridized carbons (Fsp3) is 0.714. The average Bonchev–Trinajstić information content (AvgIpc) is 3.10. The number of hydrogen-bond donors (Lipinski definition) is 2. The largest absolute Gasteiger partial charge is 0.481 e. The van der Waals surface area contributed by atoms with E-state index in [4.69, 9.17) is 6.42 Å². The molecule has 5 nitrogen and oxygen atoms in total. The number of carbonyl (C=O) groups is 2. The van der Waals surface area contributed by atoms with Crippen LogP contribution in [0, 0.1) is 23.7 Å². The molecule has 2 rings (SSSR count). The maximum atomic E-state index is 12.0. The van der Waals surface area contributed by atoms with Crippen molar-refractivity contribution in [3.63, 3.8) is 0 Å². The summed E-state index contributed by atoms with van der Waals surface area (Å²) >= 11 is 0. The molecular weight excluding hydrogens is 244 g/mol. The third-order valence-corrected chi connectivity index (χ3v) is 4.09. The van der Waals surface area contributed by atoms with Crippen LogP contribution in [0.1, 0.15) is 32.1 Å². The Morgan fingerprint density at radius 3 is 2.53 bits per heavy atom. The van der Waals surface area contributed by atoms with Crippen molar-refractivity contribution >= 4 is 12.0 Å². The van der Waals surface area contributed by atoms with Crippen molar-refractivity contribution in [2.45, 2.75) is 32.1 Å². The molecule has 2 fully saturated rings.